The summed E-state index contributed by atoms with van der Waals surface area (Å²) in [4.78, 5) is 6.68. The molecule has 3 rings (SSSR count). The molecule has 138 valence electrons. The predicted octanol–water partition coefficient (Wildman–Crippen LogP) is 3.94. The summed E-state index contributed by atoms with van der Waals surface area (Å²) < 4.78 is 38.8. The summed E-state index contributed by atoms with van der Waals surface area (Å²) in [6.45, 7) is 0. The van der Waals surface area contributed by atoms with Crippen LogP contribution in [0.25, 0.3) is 11.0 Å². The van der Waals surface area contributed by atoms with Gasteiger partial charge in [-0.15, -0.1) is 0 Å². The van der Waals surface area contributed by atoms with Crippen molar-refractivity contribution in [1.82, 2.24) is 9.97 Å². The molecule has 1 unspecified atom stereocenters. The van der Waals surface area contributed by atoms with Crippen molar-refractivity contribution in [2.45, 2.75) is 6.10 Å². The predicted molar refractivity (Wildman–Crippen MR) is 103 cm³/mol. The van der Waals surface area contributed by atoms with Crippen LogP contribution in [-0.4, -0.2) is 35.5 Å². The number of aliphatic hydroxyl groups is 1. The van der Waals surface area contributed by atoms with Gasteiger partial charge in [0.1, 0.15) is 15.4 Å². The number of nitrogens with zero attached hydrogens (tertiary/aromatic N) is 1. The summed E-state index contributed by atoms with van der Waals surface area (Å²) in [6, 6.07) is 6.44. The highest BCUT2D eigenvalue weighted by Crippen LogP contribution is 2.36. The number of halogens is 3. The third-order valence-corrected chi connectivity index (χ3v) is 5.42. The zero-order valence-electron chi connectivity index (χ0n) is 13.4. The highest BCUT2D eigenvalue weighted by atomic mass is 79.9. The third-order valence-electron chi connectivity index (χ3n) is 3.70. The van der Waals surface area contributed by atoms with Crippen molar-refractivity contribution in [1.29, 1.82) is 0 Å². The number of imidazole rings is 1. The first-order chi connectivity index (χ1) is 12.2. The van der Waals surface area contributed by atoms with E-state index in [9.17, 15) is 17.9 Å². The monoisotopic (exact) mass is 461 g/mol. The van der Waals surface area contributed by atoms with Crippen LogP contribution in [0.5, 0.6) is 0 Å². The Bertz CT molecular complexity index is 1090. The number of aromatic amines is 1. The van der Waals surface area contributed by atoms with Crippen LogP contribution in [0.15, 0.2) is 35.1 Å². The fourth-order valence-corrected chi connectivity index (χ4v) is 4.03. The number of hydrogen-bond donors (Lipinski definition) is 3. The second kappa shape index (κ2) is 7.15. The van der Waals surface area contributed by atoms with E-state index in [1.165, 1.54) is 12.4 Å². The van der Waals surface area contributed by atoms with Gasteiger partial charge in [0, 0.05) is 16.3 Å². The fraction of sp³-hybridized carbons (Fsp3) is 0.188. The van der Waals surface area contributed by atoms with Gasteiger partial charge in [-0.05, 0) is 24.3 Å². The molecule has 1 aromatic heterocycles. The first-order valence-electron chi connectivity index (χ1n) is 7.39. The zero-order valence-corrected chi connectivity index (χ0v) is 16.6. The van der Waals surface area contributed by atoms with Crippen LogP contribution in [0.4, 0.5) is 15.8 Å². The Kier molecular flexibility index (Phi) is 5.25. The van der Waals surface area contributed by atoms with Gasteiger partial charge < -0.3 is 15.4 Å². The SMILES string of the molecule is CS(=O)(=O)CC(O)c1cc2[nH]cnc2c(F)c1Nc1ccc(Br)cc1Cl. The number of benzene rings is 2. The molecule has 3 N–H and O–H groups in total. The molecule has 0 spiro atoms. The topological polar surface area (TPSA) is 95.1 Å². The largest absolute Gasteiger partial charge is 0.387 e. The van der Waals surface area contributed by atoms with Crippen molar-refractivity contribution in [3.05, 3.63) is 51.5 Å². The van der Waals surface area contributed by atoms with Gasteiger partial charge in [0.25, 0.3) is 0 Å². The molecule has 0 amide bonds. The minimum atomic E-state index is -3.49. The number of sulfone groups is 1. The molecule has 1 atom stereocenters. The average Bonchev–Trinajstić information content (AvgIpc) is 2.99. The van der Waals surface area contributed by atoms with E-state index in [1.807, 2.05) is 0 Å². The summed E-state index contributed by atoms with van der Waals surface area (Å²) in [5.74, 6) is -1.26. The standard InChI is InChI=1S/C16H14BrClFN3O3S/c1-26(24,25)6-13(23)9-5-12-16(21-7-20-12)14(19)15(9)22-11-3-2-8(17)4-10(11)18/h2-5,7,13,22-23H,6H2,1H3,(H,20,21). The average molecular weight is 463 g/mol. The molecule has 26 heavy (non-hydrogen) atoms. The molecule has 0 fully saturated rings. The van der Waals surface area contributed by atoms with Crippen LogP contribution in [0.3, 0.4) is 0 Å². The van der Waals surface area contributed by atoms with Crippen LogP contribution >= 0.6 is 27.5 Å². The summed E-state index contributed by atoms with van der Waals surface area (Å²) in [5, 5.41) is 13.6. The van der Waals surface area contributed by atoms with E-state index in [2.05, 4.69) is 31.2 Å². The molecule has 0 radical (unpaired) electrons. The molecule has 10 heteroatoms. The molecule has 0 aliphatic rings. The second-order valence-corrected chi connectivity index (χ2v) is 9.32. The lowest BCUT2D eigenvalue weighted by Gasteiger charge is -2.18. The molecule has 0 saturated heterocycles. The van der Waals surface area contributed by atoms with Gasteiger partial charge in [-0.2, -0.15) is 0 Å². The highest BCUT2D eigenvalue weighted by molar-refractivity contribution is 9.10. The van der Waals surface area contributed by atoms with Crippen LogP contribution in [0.2, 0.25) is 5.02 Å². The summed E-state index contributed by atoms with van der Waals surface area (Å²) >= 11 is 9.46. The van der Waals surface area contributed by atoms with Gasteiger partial charge in [-0.1, -0.05) is 27.5 Å². The number of H-pyrrole nitrogens is 1. The van der Waals surface area contributed by atoms with Gasteiger partial charge >= 0.3 is 0 Å². The van der Waals surface area contributed by atoms with Crippen molar-refractivity contribution in [2.75, 3.05) is 17.3 Å². The number of nitrogens with one attached hydrogen (secondary N) is 2. The molecule has 0 bridgehead atoms. The van der Waals surface area contributed by atoms with Crippen molar-refractivity contribution in [3.63, 3.8) is 0 Å². The molecular formula is C16H14BrClFN3O3S. The Labute approximate surface area is 162 Å². The van der Waals surface area contributed by atoms with E-state index in [-0.39, 0.29) is 16.8 Å². The molecule has 0 saturated carbocycles. The van der Waals surface area contributed by atoms with E-state index in [4.69, 9.17) is 11.6 Å². The van der Waals surface area contributed by atoms with E-state index < -0.39 is 27.5 Å². The molecule has 1 heterocycles. The Morgan fingerprint density at radius 2 is 2.15 bits per heavy atom. The highest BCUT2D eigenvalue weighted by Gasteiger charge is 2.24. The summed E-state index contributed by atoms with van der Waals surface area (Å²) in [7, 11) is -3.49. The van der Waals surface area contributed by atoms with Gasteiger partial charge in [-0.25, -0.2) is 17.8 Å². The Morgan fingerprint density at radius 1 is 1.42 bits per heavy atom. The third kappa shape index (κ3) is 4.01. The number of hydrogen-bond acceptors (Lipinski definition) is 5. The van der Waals surface area contributed by atoms with E-state index in [1.54, 1.807) is 18.2 Å². The minimum absolute atomic E-state index is 0.0658. The fourth-order valence-electron chi connectivity index (χ4n) is 2.55. The van der Waals surface area contributed by atoms with Gasteiger partial charge in [0.05, 0.1) is 40.1 Å². The lowest BCUT2D eigenvalue weighted by molar-refractivity contribution is 0.202. The van der Waals surface area contributed by atoms with E-state index in [0.29, 0.717) is 16.2 Å². The van der Waals surface area contributed by atoms with Crippen molar-refractivity contribution < 1.29 is 17.9 Å². The Hall–Kier alpha value is -1.68. The maximum Gasteiger partial charge on any atom is 0.174 e. The summed E-state index contributed by atoms with van der Waals surface area (Å²) in [6.07, 6.45) is 0.889. The molecule has 3 aromatic rings. The lowest BCUT2D eigenvalue weighted by atomic mass is 10.1. The number of anilines is 2. The van der Waals surface area contributed by atoms with Gasteiger partial charge in [0.15, 0.2) is 5.82 Å². The zero-order chi connectivity index (χ0) is 19.1. The number of rotatable bonds is 5. The van der Waals surface area contributed by atoms with Gasteiger partial charge in [0.2, 0.25) is 0 Å². The summed E-state index contributed by atoms with van der Waals surface area (Å²) in [5.41, 5.74) is 0.818. The Balaban J connectivity index is 2.14. The second-order valence-electron chi connectivity index (χ2n) is 5.81. The van der Waals surface area contributed by atoms with Crippen LogP contribution in [0.1, 0.15) is 11.7 Å². The van der Waals surface area contributed by atoms with Crippen LogP contribution in [0, 0.1) is 5.82 Å². The van der Waals surface area contributed by atoms with Crippen molar-refractivity contribution in [2.24, 2.45) is 0 Å². The molecular weight excluding hydrogens is 449 g/mol. The number of aliphatic hydroxyl groups excluding tert-OH is 1. The van der Waals surface area contributed by atoms with Crippen LogP contribution in [-0.2, 0) is 9.84 Å². The van der Waals surface area contributed by atoms with E-state index >= 15 is 0 Å². The Morgan fingerprint density at radius 3 is 2.81 bits per heavy atom. The van der Waals surface area contributed by atoms with E-state index in [0.717, 1.165) is 10.7 Å². The molecule has 2 aromatic carbocycles. The minimum Gasteiger partial charge on any atom is -0.387 e. The normalized spacial score (nSPS) is 13.1. The van der Waals surface area contributed by atoms with Crippen molar-refractivity contribution in [3.8, 4) is 0 Å². The quantitative estimate of drug-likeness (QED) is 0.534. The number of aromatic nitrogens is 2. The molecule has 0 aliphatic heterocycles. The smallest absolute Gasteiger partial charge is 0.174 e. The first kappa shape index (κ1) is 19.1. The lowest BCUT2D eigenvalue weighted by Crippen LogP contribution is -2.15. The van der Waals surface area contributed by atoms with Gasteiger partial charge in [-0.3, -0.25) is 0 Å². The number of fused-ring (bicyclic) bond motifs is 1. The van der Waals surface area contributed by atoms with Crippen LogP contribution < -0.4 is 5.32 Å². The molecule has 6 nitrogen and oxygen atoms in total. The maximum atomic E-state index is 15.0. The molecule has 0 aliphatic carbocycles. The first-order valence-corrected chi connectivity index (χ1v) is 10.6. The van der Waals surface area contributed by atoms with Crippen molar-refractivity contribution >= 4 is 59.8 Å². The maximum absolute atomic E-state index is 15.0.